The minimum Gasteiger partial charge on any atom is -0.0847 e. The summed E-state index contributed by atoms with van der Waals surface area (Å²) in [5.41, 5.74) is 0. The molecule has 0 aromatic rings. The molecule has 0 heterocycles. The highest BCUT2D eigenvalue weighted by molar-refractivity contribution is 9.11. The molecule has 0 saturated carbocycles. The van der Waals surface area contributed by atoms with Crippen LogP contribution < -0.4 is 0 Å². The van der Waals surface area contributed by atoms with Gasteiger partial charge in [0.15, 0.2) is 0 Å². The summed E-state index contributed by atoms with van der Waals surface area (Å²) in [5, 5.41) is 0.824. The number of rotatable bonds is 0. The van der Waals surface area contributed by atoms with Crippen molar-refractivity contribution in [2.45, 2.75) is 12.8 Å². The lowest BCUT2D eigenvalue weighted by atomic mass is 10.2. The molecule has 0 radical (unpaired) electrons. The molecule has 0 fully saturated rings. The first-order valence-corrected chi connectivity index (χ1v) is 4.35. The van der Waals surface area contributed by atoms with Crippen molar-refractivity contribution >= 4 is 27.5 Å². The third kappa shape index (κ3) is 2.72. The highest BCUT2D eigenvalue weighted by atomic mass is 79.9. The molecule has 1 aliphatic rings. The fourth-order valence-electron chi connectivity index (χ4n) is 0.738. The van der Waals surface area contributed by atoms with Crippen LogP contribution in [0.4, 0.5) is 0 Å². The van der Waals surface area contributed by atoms with E-state index in [0.29, 0.717) is 0 Å². The van der Waals surface area contributed by atoms with Gasteiger partial charge in [-0.2, -0.15) is 0 Å². The van der Waals surface area contributed by atoms with Gasteiger partial charge in [-0.05, 0) is 25.0 Å². The van der Waals surface area contributed by atoms with Gasteiger partial charge in [0, 0.05) is 9.51 Å². The Morgan fingerprint density at radius 3 is 2.70 bits per heavy atom. The van der Waals surface area contributed by atoms with Gasteiger partial charge in [0.2, 0.25) is 0 Å². The summed E-state index contributed by atoms with van der Waals surface area (Å²) in [7, 11) is 0. The molecule has 0 atom stereocenters. The first-order valence-electron chi connectivity index (χ1n) is 3.18. The quantitative estimate of drug-likeness (QED) is 0.582. The van der Waals surface area contributed by atoms with Crippen LogP contribution >= 0.6 is 27.5 Å². The first kappa shape index (κ1) is 8.09. The maximum atomic E-state index is 5.79. The molecule has 0 bridgehead atoms. The molecule has 0 saturated heterocycles. The van der Waals surface area contributed by atoms with Crippen molar-refractivity contribution in [1.29, 1.82) is 0 Å². The van der Waals surface area contributed by atoms with Gasteiger partial charge in [-0.15, -0.1) is 0 Å². The van der Waals surface area contributed by atoms with Crippen molar-refractivity contribution in [3.05, 3.63) is 33.8 Å². The van der Waals surface area contributed by atoms with Crippen LogP contribution in [0.25, 0.3) is 0 Å². The maximum Gasteiger partial charge on any atom is 0.0366 e. The monoisotopic (exact) mass is 218 g/mol. The van der Waals surface area contributed by atoms with Gasteiger partial charge >= 0.3 is 0 Å². The van der Waals surface area contributed by atoms with Gasteiger partial charge in [0.05, 0.1) is 0 Å². The van der Waals surface area contributed by atoms with Crippen molar-refractivity contribution in [2.75, 3.05) is 0 Å². The molecule has 0 aromatic heterocycles. The van der Waals surface area contributed by atoms with E-state index in [0.717, 1.165) is 22.4 Å². The average molecular weight is 220 g/mol. The lowest BCUT2D eigenvalue weighted by Gasteiger charge is -1.95. The Balaban J connectivity index is 2.73. The molecule has 0 amide bonds. The number of allylic oxidation sites excluding steroid dienone is 6. The van der Waals surface area contributed by atoms with Crippen LogP contribution in [-0.4, -0.2) is 0 Å². The average Bonchev–Trinajstić information content (AvgIpc) is 1.90. The van der Waals surface area contributed by atoms with Gasteiger partial charge in [0.25, 0.3) is 0 Å². The van der Waals surface area contributed by atoms with Gasteiger partial charge in [0.1, 0.15) is 0 Å². The Hall–Kier alpha value is -0.0100. The molecule has 1 rings (SSSR count). The van der Waals surface area contributed by atoms with E-state index in [-0.39, 0.29) is 0 Å². The first-order chi connectivity index (χ1) is 4.79. The van der Waals surface area contributed by atoms with Crippen LogP contribution in [0, 0.1) is 0 Å². The van der Waals surface area contributed by atoms with Gasteiger partial charge in [-0.25, -0.2) is 0 Å². The van der Waals surface area contributed by atoms with Crippen LogP contribution in [0.1, 0.15) is 12.8 Å². The van der Waals surface area contributed by atoms with E-state index < -0.39 is 0 Å². The Bertz CT molecular complexity index is 179. The van der Waals surface area contributed by atoms with Crippen LogP contribution in [-0.2, 0) is 0 Å². The van der Waals surface area contributed by atoms with Crippen molar-refractivity contribution in [3.63, 3.8) is 0 Å². The second kappa shape index (κ2) is 3.99. The van der Waals surface area contributed by atoms with Crippen molar-refractivity contribution in [2.24, 2.45) is 0 Å². The zero-order chi connectivity index (χ0) is 7.40. The largest absolute Gasteiger partial charge is 0.0847 e. The third-order valence-electron chi connectivity index (χ3n) is 1.25. The molecule has 0 unspecified atom stereocenters. The lowest BCUT2D eigenvalue weighted by molar-refractivity contribution is 1.05. The maximum absolute atomic E-state index is 5.79. The SMILES string of the molecule is ClC1=CCC/C=C(\Br)C=C1. The Morgan fingerprint density at radius 2 is 1.90 bits per heavy atom. The smallest absolute Gasteiger partial charge is 0.0366 e. The topological polar surface area (TPSA) is 0 Å². The van der Waals surface area contributed by atoms with Gasteiger partial charge in [-0.1, -0.05) is 39.7 Å². The van der Waals surface area contributed by atoms with E-state index in [2.05, 4.69) is 22.0 Å². The van der Waals surface area contributed by atoms with E-state index in [4.69, 9.17) is 11.6 Å². The van der Waals surface area contributed by atoms with Crippen molar-refractivity contribution < 1.29 is 0 Å². The van der Waals surface area contributed by atoms with Crippen LogP contribution in [0.15, 0.2) is 33.8 Å². The van der Waals surface area contributed by atoms with E-state index in [9.17, 15) is 0 Å². The summed E-state index contributed by atoms with van der Waals surface area (Å²) in [6, 6.07) is 0. The molecule has 10 heavy (non-hydrogen) atoms. The Labute approximate surface area is 74.4 Å². The molecule has 0 nitrogen and oxygen atoms in total. The highest BCUT2D eigenvalue weighted by Gasteiger charge is 1.91. The molecule has 0 aromatic carbocycles. The third-order valence-corrected chi connectivity index (χ3v) is 2.12. The highest BCUT2D eigenvalue weighted by Crippen LogP contribution is 2.16. The number of halogens is 2. The number of hydrogen-bond donors (Lipinski definition) is 0. The molecule has 0 N–H and O–H groups in total. The lowest BCUT2D eigenvalue weighted by Crippen LogP contribution is -1.74. The molecule has 2 heteroatoms. The van der Waals surface area contributed by atoms with E-state index in [1.165, 1.54) is 0 Å². The summed E-state index contributed by atoms with van der Waals surface area (Å²) >= 11 is 9.17. The predicted molar refractivity (Wildman–Crippen MR) is 49.3 cm³/mol. The van der Waals surface area contributed by atoms with Gasteiger partial charge < -0.3 is 0 Å². The zero-order valence-corrected chi connectivity index (χ0v) is 7.82. The summed E-state index contributed by atoms with van der Waals surface area (Å²) in [6.45, 7) is 0. The minimum atomic E-state index is 0.824. The Kier molecular flexibility index (Phi) is 3.23. The molecular weight excluding hydrogens is 211 g/mol. The molecule has 1 aliphatic carbocycles. The molecule has 0 aliphatic heterocycles. The van der Waals surface area contributed by atoms with E-state index in [1.807, 2.05) is 18.2 Å². The van der Waals surface area contributed by atoms with Crippen molar-refractivity contribution in [1.82, 2.24) is 0 Å². The fraction of sp³-hybridized carbons (Fsp3) is 0.250. The molecule has 54 valence electrons. The summed E-state index contributed by atoms with van der Waals surface area (Å²) in [4.78, 5) is 0. The normalized spacial score (nSPS) is 24.2. The summed E-state index contributed by atoms with van der Waals surface area (Å²) in [5.74, 6) is 0. The van der Waals surface area contributed by atoms with Crippen LogP contribution in [0.5, 0.6) is 0 Å². The second-order valence-corrected chi connectivity index (χ2v) is 3.44. The Morgan fingerprint density at radius 1 is 1.20 bits per heavy atom. The molecular formula is C8H8BrCl. The fourth-order valence-corrected chi connectivity index (χ4v) is 1.27. The minimum absolute atomic E-state index is 0.824. The summed E-state index contributed by atoms with van der Waals surface area (Å²) < 4.78 is 1.11. The van der Waals surface area contributed by atoms with Gasteiger partial charge in [-0.3, -0.25) is 0 Å². The predicted octanol–water partition coefficient (Wildman–Crippen LogP) is 3.74. The standard InChI is InChI=1S/C8H8BrCl/c9-7-3-1-2-4-8(10)6-5-7/h3-6H,1-2H2/b6-5?,7-3-,8-4?. The van der Waals surface area contributed by atoms with Crippen molar-refractivity contribution in [3.8, 4) is 0 Å². The van der Waals surface area contributed by atoms with E-state index in [1.54, 1.807) is 0 Å². The zero-order valence-electron chi connectivity index (χ0n) is 5.48. The second-order valence-electron chi connectivity index (χ2n) is 2.09. The number of hydrogen-bond acceptors (Lipinski definition) is 0. The molecule has 0 spiro atoms. The van der Waals surface area contributed by atoms with E-state index >= 15 is 0 Å². The summed E-state index contributed by atoms with van der Waals surface area (Å²) in [6.07, 6.45) is 10.1. The van der Waals surface area contributed by atoms with Crippen LogP contribution in [0.3, 0.4) is 0 Å². The van der Waals surface area contributed by atoms with Crippen LogP contribution in [0.2, 0.25) is 0 Å².